The highest BCUT2D eigenvalue weighted by Crippen LogP contribution is 2.27. The van der Waals surface area contributed by atoms with Crippen molar-refractivity contribution in [3.63, 3.8) is 0 Å². The maximum Gasteiger partial charge on any atom is 0.123 e. The van der Waals surface area contributed by atoms with Crippen LogP contribution in [0, 0.1) is 34.3 Å². The highest BCUT2D eigenvalue weighted by Gasteiger charge is 2.18. The third-order valence-corrected chi connectivity index (χ3v) is 5.50. The molecule has 0 saturated carbocycles. The number of halogens is 2. The quantitative estimate of drug-likeness (QED) is 0.447. The fraction of sp³-hybridized carbons (Fsp3) is 0.214. The number of allylic oxidation sites excluding steroid dienone is 1. The molecule has 0 amide bonds. The van der Waals surface area contributed by atoms with Gasteiger partial charge in [0.2, 0.25) is 0 Å². The van der Waals surface area contributed by atoms with E-state index in [1.165, 1.54) is 35.4 Å². The van der Waals surface area contributed by atoms with E-state index in [1.54, 1.807) is 24.3 Å². The minimum Gasteiger partial charge on any atom is -0.298 e. The Labute approximate surface area is 193 Å². The second kappa shape index (κ2) is 12.3. The molecule has 0 unspecified atom stereocenters. The SMILES string of the molecule is N#CC(=C1CCN(Cc2ccccc2)CC1)c1ccc(F)cc1.N#CCc1ccc(F)cc1. The van der Waals surface area contributed by atoms with E-state index < -0.39 is 0 Å². The predicted octanol–water partition coefficient (Wildman–Crippen LogP) is 6.29. The lowest BCUT2D eigenvalue weighted by atomic mass is 9.93. The summed E-state index contributed by atoms with van der Waals surface area (Å²) in [6.07, 6.45) is 2.14. The molecule has 0 radical (unpaired) electrons. The zero-order chi connectivity index (χ0) is 23.5. The molecule has 166 valence electrons. The van der Waals surface area contributed by atoms with Crippen LogP contribution < -0.4 is 0 Å². The standard InChI is InChI=1S/C20H19FN2.C8H6FN/c21-19-8-6-17(7-9-19)20(14-22)18-10-12-23(13-11-18)15-16-4-2-1-3-5-16;9-8-3-1-7(2-4-8)5-6-10/h1-9H,10-13,15H2;1-4H,5H2. The first-order chi connectivity index (χ1) is 16.1. The van der Waals surface area contributed by atoms with Crippen molar-refractivity contribution in [3.8, 4) is 12.1 Å². The van der Waals surface area contributed by atoms with E-state index in [9.17, 15) is 14.0 Å². The second-order valence-corrected chi connectivity index (χ2v) is 7.82. The molecule has 0 aliphatic carbocycles. The van der Waals surface area contributed by atoms with Crippen LogP contribution in [-0.4, -0.2) is 18.0 Å². The van der Waals surface area contributed by atoms with Crippen molar-refractivity contribution in [2.45, 2.75) is 25.8 Å². The molecule has 1 saturated heterocycles. The van der Waals surface area contributed by atoms with E-state index in [0.717, 1.165) is 43.6 Å². The summed E-state index contributed by atoms with van der Waals surface area (Å²) in [5.74, 6) is -0.532. The van der Waals surface area contributed by atoms with Gasteiger partial charge in [0.25, 0.3) is 0 Å². The van der Waals surface area contributed by atoms with Crippen LogP contribution >= 0.6 is 0 Å². The predicted molar refractivity (Wildman–Crippen MR) is 126 cm³/mol. The molecule has 3 aromatic rings. The van der Waals surface area contributed by atoms with Gasteiger partial charge in [-0.2, -0.15) is 10.5 Å². The summed E-state index contributed by atoms with van der Waals surface area (Å²) in [6.45, 7) is 2.86. The van der Waals surface area contributed by atoms with Crippen molar-refractivity contribution in [1.82, 2.24) is 4.90 Å². The van der Waals surface area contributed by atoms with Crippen molar-refractivity contribution in [2.24, 2.45) is 0 Å². The van der Waals surface area contributed by atoms with Crippen LogP contribution in [0.5, 0.6) is 0 Å². The Hall–Kier alpha value is -3.80. The molecule has 5 heteroatoms. The number of nitriles is 2. The number of hydrogen-bond donors (Lipinski definition) is 0. The Balaban J connectivity index is 0.000000257. The number of piperidine rings is 1. The van der Waals surface area contributed by atoms with Crippen molar-refractivity contribution in [3.05, 3.63) is 113 Å². The summed E-state index contributed by atoms with van der Waals surface area (Å²) in [6, 6.07) is 26.9. The summed E-state index contributed by atoms with van der Waals surface area (Å²) in [4.78, 5) is 2.42. The smallest absolute Gasteiger partial charge is 0.123 e. The van der Waals surface area contributed by atoms with Gasteiger partial charge in [0.15, 0.2) is 0 Å². The van der Waals surface area contributed by atoms with Crippen LogP contribution in [0.2, 0.25) is 0 Å². The summed E-state index contributed by atoms with van der Waals surface area (Å²) < 4.78 is 25.3. The van der Waals surface area contributed by atoms with E-state index in [2.05, 4.69) is 35.2 Å². The molecule has 1 aliphatic heterocycles. The van der Waals surface area contributed by atoms with Crippen molar-refractivity contribution >= 4 is 5.57 Å². The number of rotatable bonds is 4. The lowest BCUT2D eigenvalue weighted by Crippen LogP contribution is -2.30. The minimum atomic E-state index is -0.270. The van der Waals surface area contributed by atoms with Crippen molar-refractivity contribution in [2.75, 3.05) is 13.1 Å². The molecule has 3 nitrogen and oxygen atoms in total. The van der Waals surface area contributed by atoms with Crippen LogP contribution in [0.1, 0.15) is 29.5 Å². The zero-order valence-corrected chi connectivity index (χ0v) is 18.3. The Morgan fingerprint density at radius 1 is 0.758 bits per heavy atom. The first kappa shape index (κ1) is 23.9. The van der Waals surface area contributed by atoms with Crippen LogP contribution in [0.15, 0.2) is 84.4 Å². The normalized spacial score (nSPS) is 13.3. The lowest BCUT2D eigenvalue weighted by Gasteiger charge is -2.29. The molecule has 0 aromatic heterocycles. The molecular weight excluding hydrogens is 416 g/mol. The molecule has 1 fully saturated rings. The molecule has 3 aromatic carbocycles. The third kappa shape index (κ3) is 7.38. The number of benzene rings is 3. The number of hydrogen-bond acceptors (Lipinski definition) is 3. The van der Waals surface area contributed by atoms with Gasteiger partial charge in [0.05, 0.1) is 24.1 Å². The van der Waals surface area contributed by atoms with Gasteiger partial charge >= 0.3 is 0 Å². The molecule has 0 spiro atoms. The van der Waals surface area contributed by atoms with Gasteiger partial charge in [-0.1, -0.05) is 54.6 Å². The van der Waals surface area contributed by atoms with Crippen molar-refractivity contribution < 1.29 is 8.78 Å². The largest absolute Gasteiger partial charge is 0.298 e. The van der Waals surface area contributed by atoms with Gasteiger partial charge in [0.1, 0.15) is 11.6 Å². The molecule has 0 bridgehead atoms. The zero-order valence-electron chi connectivity index (χ0n) is 18.3. The van der Waals surface area contributed by atoms with Gasteiger partial charge in [0, 0.05) is 19.6 Å². The summed E-state index contributed by atoms with van der Waals surface area (Å²) in [5.41, 5.74) is 4.89. The maximum atomic E-state index is 13.0. The van der Waals surface area contributed by atoms with E-state index in [4.69, 9.17) is 5.26 Å². The molecule has 0 atom stereocenters. The van der Waals surface area contributed by atoms with Gasteiger partial charge in [-0.05, 0) is 59.4 Å². The number of likely N-dealkylation sites (tertiary alicyclic amines) is 1. The van der Waals surface area contributed by atoms with E-state index in [0.29, 0.717) is 12.0 Å². The van der Waals surface area contributed by atoms with Crippen LogP contribution in [-0.2, 0) is 13.0 Å². The summed E-state index contributed by atoms with van der Waals surface area (Å²) >= 11 is 0. The van der Waals surface area contributed by atoms with Crippen LogP contribution in [0.25, 0.3) is 5.57 Å². The summed E-state index contributed by atoms with van der Waals surface area (Å²) in [5, 5.41) is 17.7. The van der Waals surface area contributed by atoms with E-state index >= 15 is 0 Å². The Morgan fingerprint density at radius 3 is 1.88 bits per heavy atom. The first-order valence-corrected chi connectivity index (χ1v) is 10.8. The Morgan fingerprint density at radius 2 is 1.33 bits per heavy atom. The maximum absolute atomic E-state index is 13.0. The first-order valence-electron chi connectivity index (χ1n) is 10.8. The minimum absolute atomic E-state index is 0.262. The van der Waals surface area contributed by atoms with Gasteiger partial charge in [-0.25, -0.2) is 8.78 Å². The molecule has 33 heavy (non-hydrogen) atoms. The van der Waals surface area contributed by atoms with Crippen LogP contribution in [0.4, 0.5) is 8.78 Å². The number of nitrogens with zero attached hydrogens (tertiary/aromatic N) is 3. The van der Waals surface area contributed by atoms with Crippen LogP contribution in [0.3, 0.4) is 0 Å². The highest BCUT2D eigenvalue weighted by molar-refractivity contribution is 5.79. The Bertz CT molecular complexity index is 1130. The van der Waals surface area contributed by atoms with Gasteiger partial charge < -0.3 is 0 Å². The third-order valence-electron chi connectivity index (χ3n) is 5.50. The highest BCUT2D eigenvalue weighted by atomic mass is 19.1. The molecule has 0 N–H and O–H groups in total. The lowest BCUT2D eigenvalue weighted by molar-refractivity contribution is 0.249. The van der Waals surface area contributed by atoms with Crippen molar-refractivity contribution in [1.29, 1.82) is 10.5 Å². The Kier molecular flexibility index (Phi) is 8.88. The van der Waals surface area contributed by atoms with E-state index in [1.807, 2.05) is 12.1 Å². The summed E-state index contributed by atoms with van der Waals surface area (Å²) in [7, 11) is 0. The fourth-order valence-corrected chi connectivity index (χ4v) is 3.73. The van der Waals surface area contributed by atoms with Gasteiger partial charge in [-0.3, -0.25) is 4.90 Å². The molecule has 1 heterocycles. The average molecular weight is 442 g/mol. The second-order valence-electron chi connectivity index (χ2n) is 7.82. The van der Waals surface area contributed by atoms with Gasteiger partial charge in [-0.15, -0.1) is 0 Å². The molecular formula is C28H25F2N3. The average Bonchev–Trinajstić information content (AvgIpc) is 2.84. The topological polar surface area (TPSA) is 50.8 Å². The molecule has 4 rings (SSSR count). The molecule has 1 aliphatic rings. The fourth-order valence-electron chi connectivity index (χ4n) is 3.73. The monoisotopic (exact) mass is 441 g/mol. The van der Waals surface area contributed by atoms with E-state index in [-0.39, 0.29) is 11.6 Å².